The van der Waals surface area contributed by atoms with Crippen molar-refractivity contribution in [3.05, 3.63) is 59.0 Å². The maximum absolute atomic E-state index is 4.48. The van der Waals surface area contributed by atoms with E-state index >= 15 is 0 Å². The van der Waals surface area contributed by atoms with Crippen molar-refractivity contribution in [3.63, 3.8) is 0 Å². The van der Waals surface area contributed by atoms with Gasteiger partial charge in [-0.15, -0.1) is 0 Å². The molecule has 0 spiro atoms. The zero-order chi connectivity index (χ0) is 13.9. The zero-order valence-corrected chi connectivity index (χ0v) is 12.7. The predicted octanol–water partition coefficient (Wildman–Crippen LogP) is 4.70. The van der Waals surface area contributed by atoms with Crippen molar-refractivity contribution in [2.24, 2.45) is 0 Å². The van der Waals surface area contributed by atoms with Gasteiger partial charge in [0.15, 0.2) is 0 Å². The molecule has 0 aliphatic carbocycles. The Hall–Kier alpha value is -1.94. The second-order valence-corrected chi connectivity index (χ2v) is 5.35. The lowest BCUT2D eigenvalue weighted by Gasteiger charge is -2.08. The Morgan fingerprint density at radius 2 is 1.80 bits per heavy atom. The van der Waals surface area contributed by atoms with Gasteiger partial charge in [0, 0.05) is 18.2 Å². The van der Waals surface area contributed by atoms with E-state index in [-0.39, 0.29) is 0 Å². The Morgan fingerprint density at radius 3 is 2.60 bits per heavy atom. The molecule has 3 aromatic rings. The quantitative estimate of drug-likeness (QED) is 0.708. The van der Waals surface area contributed by atoms with E-state index in [9.17, 15) is 0 Å². The number of halogens is 1. The molecule has 2 aromatic carbocycles. The molecule has 0 atom stereocenters. The fourth-order valence-corrected chi connectivity index (χ4v) is 2.52. The molecule has 3 rings (SSSR count). The number of aromatic nitrogens is 2. The number of rotatable bonds is 3. The largest absolute Gasteiger partial charge is 0.340 e. The molecule has 0 radical (unpaired) electrons. The van der Waals surface area contributed by atoms with E-state index in [1.165, 1.54) is 10.8 Å². The normalized spacial score (nSPS) is 10.7. The third kappa shape index (κ3) is 2.80. The molecule has 1 N–H and O–H groups in total. The number of aryl methyl sites for hydroxylation is 1. The van der Waals surface area contributed by atoms with Crippen LogP contribution < -0.4 is 5.32 Å². The van der Waals surface area contributed by atoms with E-state index in [0.29, 0.717) is 0 Å². The maximum atomic E-state index is 4.48. The van der Waals surface area contributed by atoms with Crippen LogP contribution in [0, 0.1) is 0 Å². The van der Waals surface area contributed by atoms with Gasteiger partial charge in [-0.2, -0.15) is 0 Å². The summed E-state index contributed by atoms with van der Waals surface area (Å²) >= 11 is 3.42. The Bertz CT molecular complexity index is 756. The Morgan fingerprint density at radius 1 is 1.00 bits per heavy atom. The van der Waals surface area contributed by atoms with Crippen LogP contribution in [-0.2, 0) is 6.42 Å². The van der Waals surface area contributed by atoms with E-state index in [2.05, 4.69) is 61.5 Å². The van der Waals surface area contributed by atoms with E-state index in [1.807, 2.05) is 25.1 Å². The summed E-state index contributed by atoms with van der Waals surface area (Å²) < 4.78 is 0.799. The van der Waals surface area contributed by atoms with Gasteiger partial charge in [-0.25, -0.2) is 9.97 Å². The highest BCUT2D eigenvalue weighted by atomic mass is 79.9. The predicted molar refractivity (Wildman–Crippen MR) is 86.3 cm³/mol. The highest BCUT2D eigenvalue weighted by molar-refractivity contribution is 9.10. The molecule has 0 fully saturated rings. The first-order valence-corrected chi connectivity index (χ1v) is 7.33. The highest BCUT2D eigenvalue weighted by Gasteiger charge is 2.03. The van der Waals surface area contributed by atoms with Crippen LogP contribution in [0.2, 0.25) is 0 Å². The number of nitrogens with zero attached hydrogens (tertiary/aromatic N) is 2. The summed E-state index contributed by atoms with van der Waals surface area (Å²) in [5, 5.41) is 5.77. The lowest BCUT2D eigenvalue weighted by molar-refractivity contribution is 0.931. The van der Waals surface area contributed by atoms with Crippen LogP contribution in [0.3, 0.4) is 0 Å². The number of anilines is 2. The molecule has 0 saturated heterocycles. The van der Waals surface area contributed by atoms with Gasteiger partial charge in [-0.3, -0.25) is 0 Å². The van der Waals surface area contributed by atoms with E-state index in [0.717, 1.165) is 28.4 Å². The van der Waals surface area contributed by atoms with Crippen molar-refractivity contribution in [2.75, 3.05) is 5.32 Å². The van der Waals surface area contributed by atoms with Crippen LogP contribution in [0.25, 0.3) is 10.8 Å². The summed E-state index contributed by atoms with van der Waals surface area (Å²) in [5.41, 5.74) is 1.02. The Labute approximate surface area is 126 Å². The molecule has 3 nitrogen and oxygen atoms in total. The molecule has 0 aliphatic heterocycles. The summed E-state index contributed by atoms with van der Waals surface area (Å²) in [6.45, 7) is 2.04. The number of fused-ring (bicyclic) bond motifs is 1. The lowest BCUT2D eigenvalue weighted by atomic mass is 10.1. The highest BCUT2D eigenvalue weighted by Crippen LogP contribution is 2.22. The van der Waals surface area contributed by atoms with Crippen LogP contribution in [0.5, 0.6) is 0 Å². The van der Waals surface area contributed by atoms with Gasteiger partial charge in [0.2, 0.25) is 0 Å². The van der Waals surface area contributed by atoms with Crippen LogP contribution in [0.1, 0.15) is 12.7 Å². The summed E-state index contributed by atoms with van der Waals surface area (Å²) in [6.07, 6.45) is 0.811. The molecule has 0 aliphatic rings. The number of hydrogen-bond donors (Lipinski definition) is 1. The van der Waals surface area contributed by atoms with Crippen LogP contribution in [0.4, 0.5) is 11.5 Å². The van der Waals surface area contributed by atoms with E-state index in [1.54, 1.807) is 0 Å². The summed E-state index contributed by atoms with van der Waals surface area (Å²) in [5.74, 6) is 1.63. The van der Waals surface area contributed by atoms with Crippen LogP contribution in [0.15, 0.2) is 53.1 Å². The monoisotopic (exact) mass is 327 g/mol. The minimum absolute atomic E-state index is 0.799. The second kappa shape index (κ2) is 5.59. The maximum Gasteiger partial charge on any atom is 0.135 e. The first-order valence-electron chi connectivity index (χ1n) is 6.54. The van der Waals surface area contributed by atoms with Gasteiger partial charge < -0.3 is 5.32 Å². The standard InChI is InChI=1S/C16H14BrN3/c1-2-15-19-14(17)10-16(20-15)18-13-8-7-11-5-3-4-6-12(11)9-13/h3-10H,2H2,1H3,(H,18,19,20). The molecule has 0 amide bonds. The first kappa shape index (κ1) is 13.1. The molecule has 20 heavy (non-hydrogen) atoms. The van der Waals surface area contributed by atoms with E-state index in [4.69, 9.17) is 0 Å². The van der Waals surface area contributed by atoms with Gasteiger partial charge >= 0.3 is 0 Å². The molecule has 4 heteroatoms. The molecule has 0 unspecified atom stereocenters. The van der Waals surface area contributed by atoms with Gasteiger partial charge in [-0.1, -0.05) is 37.3 Å². The van der Waals surface area contributed by atoms with E-state index < -0.39 is 0 Å². The third-order valence-corrected chi connectivity index (χ3v) is 3.49. The molecule has 100 valence electrons. The minimum Gasteiger partial charge on any atom is -0.340 e. The van der Waals surface area contributed by atoms with Gasteiger partial charge in [0.25, 0.3) is 0 Å². The third-order valence-electron chi connectivity index (χ3n) is 3.08. The fourth-order valence-electron chi connectivity index (χ4n) is 2.10. The summed E-state index contributed by atoms with van der Waals surface area (Å²) in [7, 11) is 0. The Balaban J connectivity index is 1.94. The van der Waals surface area contributed by atoms with Crippen LogP contribution >= 0.6 is 15.9 Å². The van der Waals surface area contributed by atoms with Crippen molar-refractivity contribution in [3.8, 4) is 0 Å². The lowest BCUT2D eigenvalue weighted by Crippen LogP contribution is -1.99. The van der Waals surface area contributed by atoms with Gasteiger partial charge in [0.05, 0.1) is 0 Å². The number of hydrogen-bond acceptors (Lipinski definition) is 3. The second-order valence-electron chi connectivity index (χ2n) is 4.53. The molecule has 0 saturated carbocycles. The van der Waals surface area contributed by atoms with Crippen molar-refractivity contribution in [1.29, 1.82) is 0 Å². The van der Waals surface area contributed by atoms with Crippen molar-refractivity contribution in [2.45, 2.75) is 13.3 Å². The van der Waals surface area contributed by atoms with Crippen molar-refractivity contribution in [1.82, 2.24) is 9.97 Å². The smallest absolute Gasteiger partial charge is 0.135 e. The zero-order valence-electron chi connectivity index (χ0n) is 11.1. The molecule has 1 heterocycles. The minimum atomic E-state index is 0.799. The van der Waals surface area contributed by atoms with Gasteiger partial charge in [-0.05, 0) is 38.8 Å². The van der Waals surface area contributed by atoms with Crippen LogP contribution in [-0.4, -0.2) is 9.97 Å². The first-order chi connectivity index (χ1) is 9.74. The topological polar surface area (TPSA) is 37.8 Å². The van der Waals surface area contributed by atoms with Gasteiger partial charge in [0.1, 0.15) is 16.2 Å². The average molecular weight is 328 g/mol. The number of nitrogens with one attached hydrogen (secondary N) is 1. The average Bonchev–Trinajstić information content (AvgIpc) is 2.46. The van der Waals surface area contributed by atoms with Crippen molar-refractivity contribution >= 4 is 38.2 Å². The number of benzene rings is 2. The fraction of sp³-hybridized carbons (Fsp3) is 0.125. The van der Waals surface area contributed by atoms with Crippen molar-refractivity contribution < 1.29 is 0 Å². The Kier molecular flexibility index (Phi) is 3.65. The summed E-state index contributed by atoms with van der Waals surface area (Å²) in [4.78, 5) is 8.78. The SMILES string of the molecule is CCc1nc(Br)cc(Nc2ccc3ccccc3c2)n1. The molecule has 1 aromatic heterocycles. The molecular weight excluding hydrogens is 314 g/mol. The molecular formula is C16H14BrN3. The molecule has 0 bridgehead atoms. The summed E-state index contributed by atoms with van der Waals surface area (Å²) in [6, 6.07) is 16.5.